The molecule has 5 rings (SSSR count). The van der Waals surface area contributed by atoms with Crippen LogP contribution in [0.3, 0.4) is 0 Å². The minimum absolute atomic E-state index is 0.0228. The molecule has 0 aromatic rings. The molecule has 3 saturated carbocycles. The Bertz CT molecular complexity index is 898. The van der Waals surface area contributed by atoms with E-state index in [1.807, 2.05) is 4.90 Å². The lowest BCUT2D eigenvalue weighted by molar-refractivity contribution is -0.133. The Hall–Kier alpha value is -1.36. The predicted octanol–water partition coefficient (Wildman–Crippen LogP) is 5.28. The topological polar surface area (TPSA) is 60.9 Å². The Morgan fingerprint density at radius 1 is 1.11 bits per heavy atom. The van der Waals surface area contributed by atoms with E-state index in [2.05, 4.69) is 26.8 Å². The first-order valence-electron chi connectivity index (χ1n) is 14.9. The van der Waals surface area contributed by atoms with E-state index in [1.165, 1.54) is 32.1 Å². The summed E-state index contributed by atoms with van der Waals surface area (Å²) in [6, 6.07) is 0. The molecular weight excluding hydrogens is 448 g/mol. The zero-order chi connectivity index (χ0) is 25.8. The summed E-state index contributed by atoms with van der Waals surface area (Å²) in [6.07, 6.45) is 14.4. The number of amides is 2. The summed E-state index contributed by atoms with van der Waals surface area (Å²) in [6.45, 7) is 8.84. The molecule has 5 aliphatic rings. The van der Waals surface area contributed by atoms with Gasteiger partial charge in [0.1, 0.15) is 0 Å². The van der Waals surface area contributed by atoms with Crippen LogP contribution < -0.4 is 0 Å². The lowest BCUT2D eigenvalue weighted by Crippen LogP contribution is -2.50. The molecule has 36 heavy (non-hydrogen) atoms. The van der Waals surface area contributed by atoms with Gasteiger partial charge in [0.2, 0.25) is 11.8 Å². The third kappa shape index (κ3) is 4.35. The fraction of sp³-hybridized carbons (Fsp3) is 0.871. The summed E-state index contributed by atoms with van der Waals surface area (Å²) in [5.41, 5.74) is 2.27. The second kappa shape index (κ2) is 9.75. The van der Waals surface area contributed by atoms with Crippen molar-refractivity contribution in [2.24, 2.45) is 46.3 Å². The quantitative estimate of drug-likeness (QED) is 0.525. The molecule has 0 radical (unpaired) electrons. The molecule has 1 saturated heterocycles. The van der Waals surface area contributed by atoms with Crippen molar-refractivity contribution >= 4 is 11.8 Å². The highest BCUT2D eigenvalue weighted by Gasteiger charge is 2.59. The number of carbonyl (C=O) groups is 2. The number of rotatable bonds is 5. The molecule has 2 amide bonds. The third-order valence-electron chi connectivity index (χ3n) is 12.0. The largest absolute Gasteiger partial charge is 0.393 e. The molecule has 0 unspecified atom stereocenters. The number of aliphatic hydroxyl groups excluding tert-OH is 1. The van der Waals surface area contributed by atoms with Crippen molar-refractivity contribution in [2.75, 3.05) is 27.2 Å². The van der Waals surface area contributed by atoms with Gasteiger partial charge >= 0.3 is 0 Å². The normalized spacial score (nSPS) is 42.7. The number of aliphatic hydroxyl groups is 1. The third-order valence-corrected chi connectivity index (χ3v) is 12.0. The lowest BCUT2D eigenvalue weighted by atomic mass is 9.47. The van der Waals surface area contributed by atoms with Crippen molar-refractivity contribution in [3.8, 4) is 0 Å². The fourth-order valence-electron chi connectivity index (χ4n) is 9.88. The summed E-state index contributed by atoms with van der Waals surface area (Å²) in [5, 5.41) is 10.3. The van der Waals surface area contributed by atoms with E-state index in [1.54, 1.807) is 24.6 Å². The molecule has 9 atom stereocenters. The Labute approximate surface area is 219 Å². The molecule has 4 fully saturated rings. The van der Waals surface area contributed by atoms with Crippen LogP contribution in [0.25, 0.3) is 0 Å². The molecule has 4 aliphatic carbocycles. The average Bonchev–Trinajstić information content (AvgIpc) is 3.47. The van der Waals surface area contributed by atoms with Gasteiger partial charge in [-0.05, 0) is 105 Å². The van der Waals surface area contributed by atoms with E-state index in [9.17, 15) is 14.7 Å². The van der Waals surface area contributed by atoms with Gasteiger partial charge in [0.05, 0.1) is 12.0 Å². The summed E-state index contributed by atoms with van der Waals surface area (Å²) in [4.78, 5) is 28.9. The van der Waals surface area contributed by atoms with Crippen molar-refractivity contribution in [1.82, 2.24) is 9.80 Å². The minimum atomic E-state index is -0.130. The minimum Gasteiger partial charge on any atom is -0.393 e. The second-order valence-corrected chi connectivity index (χ2v) is 14.0. The first-order chi connectivity index (χ1) is 17.0. The van der Waals surface area contributed by atoms with Gasteiger partial charge in [0, 0.05) is 33.6 Å². The summed E-state index contributed by atoms with van der Waals surface area (Å²) in [7, 11) is 3.61. The van der Waals surface area contributed by atoms with E-state index in [0.29, 0.717) is 35.6 Å². The van der Waals surface area contributed by atoms with Crippen molar-refractivity contribution in [3.63, 3.8) is 0 Å². The maximum atomic E-state index is 13.0. The number of fused-ring (bicyclic) bond motifs is 5. The molecule has 0 spiro atoms. The first-order valence-corrected chi connectivity index (χ1v) is 14.9. The van der Waals surface area contributed by atoms with Gasteiger partial charge in [-0.2, -0.15) is 0 Å². The summed E-state index contributed by atoms with van der Waals surface area (Å²) in [5.74, 6) is 4.04. The van der Waals surface area contributed by atoms with Gasteiger partial charge in [-0.15, -0.1) is 0 Å². The maximum absolute atomic E-state index is 13.0. The molecule has 0 aromatic heterocycles. The Morgan fingerprint density at radius 2 is 1.89 bits per heavy atom. The van der Waals surface area contributed by atoms with Crippen molar-refractivity contribution in [1.29, 1.82) is 0 Å². The SMILES string of the molecule is C[C@H](CCC(=O)N1CC[C@H](C(=O)N(C)C)C1)[C@H]1CC[C@H]2[C@@H]3CC=C4C[C@@H](O)CC[C@]4(C)[C@H]3CC[C@]12C. The number of carbonyl (C=O) groups excluding carboxylic acids is 2. The molecule has 5 nitrogen and oxygen atoms in total. The van der Waals surface area contributed by atoms with Crippen molar-refractivity contribution in [3.05, 3.63) is 11.6 Å². The van der Waals surface area contributed by atoms with Crippen molar-refractivity contribution < 1.29 is 14.7 Å². The van der Waals surface area contributed by atoms with Crippen LogP contribution in [-0.4, -0.2) is 60.0 Å². The van der Waals surface area contributed by atoms with Crippen LogP contribution in [0.4, 0.5) is 0 Å². The van der Waals surface area contributed by atoms with Crippen LogP contribution in [-0.2, 0) is 9.59 Å². The monoisotopic (exact) mass is 498 g/mol. The van der Waals surface area contributed by atoms with E-state index in [-0.39, 0.29) is 23.8 Å². The zero-order valence-corrected chi connectivity index (χ0v) is 23.5. The Kier molecular flexibility index (Phi) is 7.11. The highest BCUT2D eigenvalue weighted by molar-refractivity contribution is 5.81. The van der Waals surface area contributed by atoms with Crippen LogP contribution in [0.15, 0.2) is 11.6 Å². The molecule has 202 valence electrons. The molecule has 1 heterocycles. The Morgan fingerprint density at radius 3 is 2.64 bits per heavy atom. The lowest BCUT2D eigenvalue weighted by Gasteiger charge is -2.58. The predicted molar refractivity (Wildman–Crippen MR) is 143 cm³/mol. The zero-order valence-electron chi connectivity index (χ0n) is 23.5. The van der Waals surface area contributed by atoms with Gasteiger partial charge in [-0.1, -0.05) is 32.4 Å². The average molecular weight is 499 g/mol. The van der Waals surface area contributed by atoms with Crippen LogP contribution in [0.5, 0.6) is 0 Å². The number of hydrogen-bond donors (Lipinski definition) is 1. The molecule has 5 heteroatoms. The van der Waals surface area contributed by atoms with Gasteiger partial charge in [0.25, 0.3) is 0 Å². The number of likely N-dealkylation sites (tertiary alicyclic amines) is 1. The van der Waals surface area contributed by atoms with Crippen LogP contribution in [0, 0.1) is 46.3 Å². The summed E-state index contributed by atoms with van der Waals surface area (Å²) < 4.78 is 0. The fourth-order valence-corrected chi connectivity index (χ4v) is 9.88. The molecule has 1 N–H and O–H groups in total. The standard InChI is InChI=1S/C31H50N2O3/c1-20(6-11-28(35)33-17-14-21(19-33)29(36)32(4)5)25-9-10-26-24-8-7-22-18-23(34)12-15-30(22,2)27(24)13-16-31(25,26)3/h7,20-21,23-27,34H,6,8-19H2,1-5H3/t20-,21+,23+,24+,25-,26+,27+,30+,31-/m1/s1. The van der Waals surface area contributed by atoms with E-state index in [0.717, 1.165) is 56.4 Å². The smallest absolute Gasteiger partial charge is 0.227 e. The Balaban J connectivity index is 1.19. The highest BCUT2D eigenvalue weighted by Crippen LogP contribution is 2.67. The van der Waals surface area contributed by atoms with Crippen LogP contribution in [0.1, 0.15) is 91.4 Å². The highest BCUT2D eigenvalue weighted by atomic mass is 16.3. The van der Waals surface area contributed by atoms with Crippen LogP contribution >= 0.6 is 0 Å². The van der Waals surface area contributed by atoms with Gasteiger partial charge in [-0.3, -0.25) is 9.59 Å². The molecule has 1 aliphatic heterocycles. The first kappa shape index (κ1) is 26.3. The number of allylic oxidation sites excluding steroid dienone is 1. The second-order valence-electron chi connectivity index (χ2n) is 14.0. The maximum Gasteiger partial charge on any atom is 0.227 e. The number of nitrogens with zero attached hydrogens (tertiary/aromatic N) is 2. The van der Waals surface area contributed by atoms with Gasteiger partial charge in [0.15, 0.2) is 0 Å². The van der Waals surface area contributed by atoms with E-state index >= 15 is 0 Å². The van der Waals surface area contributed by atoms with Gasteiger partial charge < -0.3 is 14.9 Å². The van der Waals surface area contributed by atoms with Crippen LogP contribution in [0.2, 0.25) is 0 Å². The van der Waals surface area contributed by atoms with Crippen molar-refractivity contribution in [2.45, 2.75) is 97.5 Å². The van der Waals surface area contributed by atoms with E-state index in [4.69, 9.17) is 0 Å². The molecular formula is C31H50N2O3. The number of hydrogen-bond acceptors (Lipinski definition) is 3. The van der Waals surface area contributed by atoms with E-state index < -0.39 is 0 Å². The molecule has 0 aromatic carbocycles. The van der Waals surface area contributed by atoms with Gasteiger partial charge in [-0.25, -0.2) is 0 Å². The summed E-state index contributed by atoms with van der Waals surface area (Å²) >= 11 is 0. The molecule has 0 bridgehead atoms.